The maximum absolute atomic E-state index is 12.0. The van der Waals surface area contributed by atoms with Crippen LogP contribution < -0.4 is 37.7 Å². The van der Waals surface area contributed by atoms with Crippen molar-refractivity contribution < 1.29 is 10.2 Å². The average Bonchev–Trinajstić information content (AvgIpc) is 3.24. The summed E-state index contributed by atoms with van der Waals surface area (Å²) in [5, 5.41) is 32.0. The molecule has 0 amide bonds. The summed E-state index contributed by atoms with van der Waals surface area (Å²) in [7, 11) is 38.7. The summed E-state index contributed by atoms with van der Waals surface area (Å²) < 4.78 is 0. The molecule has 0 saturated carbocycles. The zero-order valence-electron chi connectivity index (χ0n) is 30.5. The van der Waals surface area contributed by atoms with Crippen molar-refractivity contribution in [2.45, 2.75) is 6.92 Å². The maximum Gasteiger partial charge on any atom is 0.122 e. The predicted octanol–water partition coefficient (Wildman–Crippen LogP) is 5.59. The molecule has 0 saturated heterocycles. The van der Waals surface area contributed by atoms with Crippen molar-refractivity contribution in [3.05, 3.63) is 139 Å². The number of phenolic OH excluding ortho intramolecular Hbond substituents is 2. The van der Waals surface area contributed by atoms with Crippen molar-refractivity contribution in [2.75, 3.05) is 4.90 Å². The smallest absolute Gasteiger partial charge is 0.122 e. The Morgan fingerprint density at radius 2 is 0.893 bits per heavy atom. The van der Waals surface area contributed by atoms with Crippen LogP contribution in [0.3, 0.4) is 0 Å². The van der Waals surface area contributed by atoms with Crippen molar-refractivity contribution in [3.63, 3.8) is 0 Å². The molecule has 2 N–H and O–H groups in total. The molecule has 0 atom stereocenters. The molecule has 3 nitrogen and oxygen atoms in total. The molecule has 9 heteroatoms. The number of rotatable bonds is 5. The highest BCUT2D eigenvalue weighted by Gasteiger charge is 2.28. The first-order valence-corrected chi connectivity index (χ1v) is 18.1. The van der Waals surface area contributed by atoms with Gasteiger partial charge in [0.1, 0.15) is 58.6 Å². The fourth-order valence-electron chi connectivity index (χ4n) is 8.19. The number of aromatic hydroxyl groups is 2. The lowest BCUT2D eigenvalue weighted by Crippen LogP contribution is -2.48. The van der Waals surface area contributed by atoms with Gasteiger partial charge in [0.25, 0.3) is 0 Å². The Balaban J connectivity index is 1.32. The van der Waals surface area contributed by atoms with Crippen LogP contribution in [0.4, 0.5) is 17.1 Å². The van der Waals surface area contributed by atoms with Gasteiger partial charge in [0, 0.05) is 27.9 Å². The Labute approximate surface area is 333 Å². The van der Waals surface area contributed by atoms with Crippen molar-refractivity contribution in [3.8, 4) is 33.8 Å². The quantitative estimate of drug-likeness (QED) is 0.182. The molecule has 0 aliphatic rings. The molecular formula is C47H27B6NO2. The van der Waals surface area contributed by atoms with Crippen LogP contribution in [0.1, 0.15) is 5.56 Å². The number of nitrogens with zero attached hydrogens (tertiary/aromatic N) is 1. The number of fused-ring (bicyclic) bond motifs is 6. The zero-order valence-corrected chi connectivity index (χ0v) is 30.5. The van der Waals surface area contributed by atoms with Gasteiger partial charge >= 0.3 is 0 Å². The highest BCUT2D eigenvalue weighted by molar-refractivity contribution is 6.65. The van der Waals surface area contributed by atoms with Gasteiger partial charge in [0.2, 0.25) is 0 Å². The van der Waals surface area contributed by atoms with E-state index in [-0.39, 0.29) is 43.9 Å². The minimum Gasteiger partial charge on any atom is -0.508 e. The molecule has 0 fully saturated rings. The van der Waals surface area contributed by atoms with E-state index in [1.807, 2.05) is 36.1 Å². The zero-order chi connectivity index (χ0) is 39.0. The minimum atomic E-state index is -0.461. The van der Waals surface area contributed by atoms with Crippen molar-refractivity contribution in [1.82, 2.24) is 0 Å². The van der Waals surface area contributed by atoms with Crippen LogP contribution in [-0.2, 0) is 0 Å². The van der Waals surface area contributed by atoms with Gasteiger partial charge in [-0.2, -0.15) is 0 Å². The van der Waals surface area contributed by atoms with E-state index in [1.165, 1.54) is 10.8 Å². The van der Waals surface area contributed by atoms with E-state index < -0.39 is 11.5 Å². The molecule has 250 valence electrons. The van der Waals surface area contributed by atoms with Gasteiger partial charge in [-0.1, -0.05) is 126 Å². The molecule has 9 rings (SSSR count). The summed E-state index contributed by atoms with van der Waals surface area (Å²) in [6, 6.07) is 45.9. The molecule has 0 aliphatic carbocycles. The summed E-state index contributed by atoms with van der Waals surface area (Å²) in [4.78, 5) is 2.02. The second-order valence-electron chi connectivity index (χ2n) is 14.1. The Bertz CT molecular complexity index is 3030. The first kappa shape index (κ1) is 35.5. The molecule has 0 aromatic heterocycles. The van der Waals surface area contributed by atoms with E-state index in [0.29, 0.717) is 11.3 Å². The van der Waals surface area contributed by atoms with E-state index >= 15 is 0 Å². The normalized spacial score (nSPS) is 11.5. The van der Waals surface area contributed by atoms with Gasteiger partial charge in [-0.25, -0.2) is 0 Å². The van der Waals surface area contributed by atoms with Crippen molar-refractivity contribution in [2.24, 2.45) is 0 Å². The third kappa shape index (κ3) is 5.36. The molecule has 9 aromatic rings. The van der Waals surface area contributed by atoms with Crippen LogP contribution >= 0.6 is 0 Å². The van der Waals surface area contributed by atoms with Gasteiger partial charge in [0.15, 0.2) is 0 Å². The molecular weight excluding hydrogens is 675 g/mol. The van der Waals surface area contributed by atoms with Crippen LogP contribution in [0.15, 0.2) is 133 Å². The molecule has 0 heterocycles. The van der Waals surface area contributed by atoms with E-state index in [1.54, 1.807) is 0 Å². The molecule has 9 aromatic carbocycles. The Kier molecular flexibility index (Phi) is 8.58. The number of phenols is 2. The van der Waals surface area contributed by atoms with Gasteiger partial charge in [-0.15, -0.1) is 10.9 Å². The fourth-order valence-corrected chi connectivity index (χ4v) is 8.19. The van der Waals surface area contributed by atoms with Crippen LogP contribution in [0, 0.1) is 6.92 Å². The first-order chi connectivity index (χ1) is 27.1. The molecule has 0 bridgehead atoms. The number of hydrogen-bond acceptors (Lipinski definition) is 3. The highest BCUT2D eigenvalue weighted by Crippen LogP contribution is 2.45. The van der Waals surface area contributed by atoms with Crippen LogP contribution in [0.2, 0.25) is 0 Å². The van der Waals surface area contributed by atoms with E-state index in [4.69, 9.17) is 47.1 Å². The van der Waals surface area contributed by atoms with Gasteiger partial charge in [-0.05, 0) is 91.0 Å². The average molecular weight is 703 g/mol. The molecule has 56 heavy (non-hydrogen) atoms. The lowest BCUT2D eigenvalue weighted by atomic mass is 9.63. The Morgan fingerprint density at radius 1 is 0.429 bits per heavy atom. The second kappa shape index (κ2) is 13.5. The number of anilines is 3. The fraction of sp³-hybridized carbons (Fsp3) is 0.0213. The van der Waals surface area contributed by atoms with Crippen LogP contribution in [-0.4, -0.2) is 57.3 Å². The summed E-state index contributed by atoms with van der Waals surface area (Å²) in [5.74, 6) is -0.861. The topological polar surface area (TPSA) is 43.7 Å². The van der Waals surface area contributed by atoms with Crippen molar-refractivity contribution in [1.29, 1.82) is 0 Å². The monoisotopic (exact) mass is 703 g/mol. The standard InChI is InChI=1S/C47H27B6NO2/c1-24-39(48)37(38-40(49)41(50)42(51)43(52)46(38)55)47(56)44(53)45(24)54(36-23-27-11-3-5-13-30(27)32-15-8-9-17-34(32)36)28-20-18-25(19-21-28)35-22-26-10-2-4-12-29(26)31-14-6-7-16-33(31)35/h2-23,55-56H,1H3. The summed E-state index contributed by atoms with van der Waals surface area (Å²) >= 11 is 0. The number of hydrogen-bond donors (Lipinski definition) is 2. The SMILES string of the molecule is [B]c1c([B])c([B])c(-c2c([B])c(C)c(N(c3ccc(-c4cc5ccccc5c5ccccc45)cc3)c3cc4ccccc4c4ccccc34)c([B])c2O)c(O)c1[B]. The summed E-state index contributed by atoms with van der Waals surface area (Å²) in [6.45, 7) is 1.81. The first-order valence-electron chi connectivity index (χ1n) is 18.1. The van der Waals surface area contributed by atoms with Crippen LogP contribution in [0.25, 0.3) is 65.3 Å². The molecule has 0 aliphatic heterocycles. The lowest BCUT2D eigenvalue weighted by molar-refractivity contribution is 0.474. The Hall–Kier alpha value is -6.19. The van der Waals surface area contributed by atoms with Crippen molar-refractivity contribution >= 4 is 140 Å². The van der Waals surface area contributed by atoms with E-state index in [2.05, 4.69) is 109 Å². The number of benzene rings is 9. The maximum atomic E-state index is 12.0. The molecule has 12 radical (unpaired) electrons. The lowest BCUT2D eigenvalue weighted by Gasteiger charge is -2.33. The minimum absolute atomic E-state index is 0.000926. The predicted molar refractivity (Wildman–Crippen MR) is 242 cm³/mol. The van der Waals surface area contributed by atoms with E-state index in [0.717, 1.165) is 54.8 Å². The summed E-state index contributed by atoms with van der Waals surface area (Å²) in [5.41, 5.74) is 4.36. The van der Waals surface area contributed by atoms with E-state index in [9.17, 15) is 10.2 Å². The highest BCUT2D eigenvalue weighted by atomic mass is 16.3. The molecule has 0 spiro atoms. The molecule has 0 unspecified atom stereocenters. The second-order valence-corrected chi connectivity index (χ2v) is 14.1. The third-order valence-electron chi connectivity index (χ3n) is 11.1. The summed E-state index contributed by atoms with van der Waals surface area (Å²) in [6.07, 6.45) is 0. The van der Waals surface area contributed by atoms with Crippen LogP contribution in [0.5, 0.6) is 11.5 Å². The largest absolute Gasteiger partial charge is 0.508 e. The van der Waals surface area contributed by atoms with Gasteiger partial charge in [-0.3, -0.25) is 0 Å². The van der Waals surface area contributed by atoms with Gasteiger partial charge in [0.05, 0.1) is 5.69 Å². The van der Waals surface area contributed by atoms with Gasteiger partial charge < -0.3 is 15.1 Å². The third-order valence-corrected chi connectivity index (χ3v) is 11.1. The Morgan fingerprint density at radius 3 is 1.52 bits per heavy atom.